The van der Waals surface area contributed by atoms with Crippen molar-refractivity contribution in [1.29, 1.82) is 0 Å². The molecule has 0 fully saturated rings. The van der Waals surface area contributed by atoms with E-state index in [1.165, 1.54) is 19.1 Å². The van der Waals surface area contributed by atoms with Crippen molar-refractivity contribution < 1.29 is 26.3 Å². The van der Waals surface area contributed by atoms with E-state index in [0.717, 1.165) is 6.07 Å². The topological polar surface area (TPSA) is 43.4 Å². The molecule has 0 bridgehead atoms. The number of hydrogen-bond acceptors (Lipinski definition) is 3. The highest BCUT2D eigenvalue weighted by atomic mass is 79.9. The minimum absolute atomic E-state index is 0.0645. The Morgan fingerprint density at radius 1 is 1.33 bits per heavy atom. The number of ether oxygens (including phenoxy) is 1. The monoisotopic (exact) mass is 346 g/mol. The number of benzene rings is 1. The van der Waals surface area contributed by atoms with Gasteiger partial charge in [-0.2, -0.15) is 13.2 Å². The number of hydrogen-bond donors (Lipinski definition) is 0. The van der Waals surface area contributed by atoms with Crippen LogP contribution in [0.15, 0.2) is 27.6 Å². The average Bonchev–Trinajstić information content (AvgIpc) is 2.26. The van der Waals surface area contributed by atoms with Gasteiger partial charge in [-0.15, -0.1) is 0 Å². The quantitative estimate of drug-likeness (QED) is 0.840. The summed E-state index contributed by atoms with van der Waals surface area (Å²) in [5.74, 6) is -0.283. The number of rotatable bonds is 4. The van der Waals surface area contributed by atoms with Gasteiger partial charge in [0.15, 0.2) is 16.4 Å². The van der Waals surface area contributed by atoms with Gasteiger partial charge >= 0.3 is 6.18 Å². The second-order valence-electron chi connectivity index (χ2n) is 3.40. The summed E-state index contributed by atoms with van der Waals surface area (Å²) in [6.45, 7) is -0.0190. The molecule has 18 heavy (non-hydrogen) atoms. The summed E-state index contributed by atoms with van der Waals surface area (Å²) >= 11 is 3.00. The van der Waals surface area contributed by atoms with E-state index in [1.54, 1.807) is 0 Å². The van der Waals surface area contributed by atoms with E-state index in [2.05, 4.69) is 20.7 Å². The van der Waals surface area contributed by atoms with Crippen molar-refractivity contribution in [3.63, 3.8) is 0 Å². The highest BCUT2D eigenvalue weighted by Gasteiger charge is 2.29. The van der Waals surface area contributed by atoms with Gasteiger partial charge in [-0.1, -0.05) is 6.92 Å². The number of sulfone groups is 1. The zero-order valence-electron chi connectivity index (χ0n) is 9.29. The van der Waals surface area contributed by atoms with Crippen LogP contribution in [-0.4, -0.2) is 27.0 Å². The lowest BCUT2D eigenvalue weighted by molar-refractivity contribution is -0.153. The number of alkyl halides is 3. The Bertz CT molecular complexity index is 526. The zero-order chi connectivity index (χ0) is 14.0. The van der Waals surface area contributed by atoms with E-state index in [-0.39, 0.29) is 20.9 Å². The summed E-state index contributed by atoms with van der Waals surface area (Å²) in [6, 6.07) is 3.73. The summed E-state index contributed by atoms with van der Waals surface area (Å²) < 4.78 is 64.0. The molecule has 3 nitrogen and oxygen atoms in total. The smallest absolute Gasteiger partial charge is 0.422 e. The molecule has 0 aliphatic heterocycles. The van der Waals surface area contributed by atoms with E-state index in [0.29, 0.717) is 0 Å². The van der Waals surface area contributed by atoms with E-state index in [4.69, 9.17) is 0 Å². The molecular formula is C10H10BrF3O3S. The zero-order valence-corrected chi connectivity index (χ0v) is 11.7. The van der Waals surface area contributed by atoms with Gasteiger partial charge < -0.3 is 4.74 Å². The van der Waals surface area contributed by atoms with E-state index >= 15 is 0 Å². The largest absolute Gasteiger partial charge is 0.483 e. The second kappa shape index (κ2) is 5.48. The minimum atomic E-state index is -4.47. The fourth-order valence-corrected chi connectivity index (χ4v) is 2.37. The van der Waals surface area contributed by atoms with Gasteiger partial charge in [0.25, 0.3) is 0 Å². The lowest BCUT2D eigenvalue weighted by Crippen LogP contribution is -2.19. The van der Waals surface area contributed by atoms with E-state index < -0.39 is 22.6 Å². The van der Waals surface area contributed by atoms with Crippen LogP contribution in [0, 0.1) is 0 Å². The van der Waals surface area contributed by atoms with Crippen LogP contribution in [0.25, 0.3) is 0 Å². The SMILES string of the molecule is CCS(=O)(=O)c1ccc(Br)c(OCC(F)(F)F)c1. The van der Waals surface area contributed by atoms with Crippen molar-refractivity contribution in [3.8, 4) is 5.75 Å². The standard InChI is InChI=1S/C10H10BrF3O3S/c1-2-18(15,16)7-3-4-8(11)9(5-7)17-6-10(12,13)14/h3-5H,2,6H2,1H3. The maximum Gasteiger partial charge on any atom is 0.422 e. The highest BCUT2D eigenvalue weighted by Crippen LogP contribution is 2.29. The van der Waals surface area contributed by atoms with Crippen molar-refractivity contribution in [2.75, 3.05) is 12.4 Å². The third-order valence-electron chi connectivity index (χ3n) is 2.03. The second-order valence-corrected chi connectivity index (χ2v) is 6.53. The van der Waals surface area contributed by atoms with Crippen LogP contribution in [0.3, 0.4) is 0 Å². The predicted octanol–water partition coefficient (Wildman–Crippen LogP) is 3.18. The summed E-state index contributed by atoms with van der Waals surface area (Å²) in [6.07, 6.45) is -4.47. The molecule has 0 spiro atoms. The Kier molecular flexibility index (Phi) is 4.66. The first-order chi connectivity index (χ1) is 8.15. The van der Waals surface area contributed by atoms with Crippen molar-refractivity contribution in [2.45, 2.75) is 18.0 Å². The molecule has 0 aliphatic carbocycles. The molecule has 1 aromatic rings. The van der Waals surface area contributed by atoms with Crippen LogP contribution in [0.1, 0.15) is 6.92 Å². The highest BCUT2D eigenvalue weighted by molar-refractivity contribution is 9.10. The molecule has 0 atom stereocenters. The van der Waals surface area contributed by atoms with E-state index in [1.807, 2.05) is 0 Å². The molecule has 0 radical (unpaired) electrons. The molecule has 0 unspecified atom stereocenters. The summed E-state index contributed by atoms with van der Waals surface area (Å²) in [5.41, 5.74) is 0. The number of halogens is 4. The van der Waals surface area contributed by atoms with Crippen LogP contribution >= 0.6 is 15.9 Å². The van der Waals surface area contributed by atoms with Crippen molar-refractivity contribution in [2.24, 2.45) is 0 Å². The maximum absolute atomic E-state index is 12.0. The molecule has 0 amide bonds. The first kappa shape index (κ1) is 15.3. The van der Waals surface area contributed by atoms with Crippen LogP contribution in [0.4, 0.5) is 13.2 Å². The normalized spacial score (nSPS) is 12.5. The lowest BCUT2D eigenvalue weighted by Gasteiger charge is -2.11. The van der Waals surface area contributed by atoms with Gasteiger partial charge in [-0.25, -0.2) is 8.42 Å². The molecule has 0 aromatic heterocycles. The van der Waals surface area contributed by atoms with E-state index in [9.17, 15) is 21.6 Å². The Balaban J connectivity index is 3.03. The summed E-state index contributed by atoms with van der Waals surface area (Å²) in [4.78, 5) is -0.0645. The Morgan fingerprint density at radius 2 is 1.94 bits per heavy atom. The van der Waals surface area contributed by atoms with Gasteiger partial charge in [0.1, 0.15) is 5.75 Å². The lowest BCUT2D eigenvalue weighted by atomic mass is 10.3. The van der Waals surface area contributed by atoms with Crippen molar-refractivity contribution in [1.82, 2.24) is 0 Å². The van der Waals surface area contributed by atoms with Crippen LogP contribution in [0.2, 0.25) is 0 Å². The minimum Gasteiger partial charge on any atom is -0.483 e. The summed E-state index contributed by atoms with van der Waals surface area (Å²) in [7, 11) is -3.47. The molecule has 0 saturated heterocycles. The van der Waals surface area contributed by atoms with Gasteiger partial charge in [-0.3, -0.25) is 0 Å². The third kappa shape index (κ3) is 4.16. The van der Waals surface area contributed by atoms with Crippen molar-refractivity contribution >= 4 is 25.8 Å². The molecule has 1 rings (SSSR count). The maximum atomic E-state index is 12.0. The van der Waals surface area contributed by atoms with Gasteiger partial charge in [0, 0.05) is 0 Å². The van der Waals surface area contributed by atoms with Gasteiger partial charge in [-0.05, 0) is 34.1 Å². The summed E-state index contributed by atoms with van der Waals surface area (Å²) in [5, 5.41) is 0. The predicted molar refractivity (Wildman–Crippen MR) is 63.4 cm³/mol. The van der Waals surface area contributed by atoms with Crippen LogP contribution in [0.5, 0.6) is 5.75 Å². The Morgan fingerprint density at radius 3 is 2.44 bits per heavy atom. The van der Waals surface area contributed by atoms with Gasteiger partial charge in [0.05, 0.1) is 15.1 Å². The first-order valence-corrected chi connectivity index (χ1v) is 7.32. The van der Waals surface area contributed by atoms with Crippen LogP contribution in [-0.2, 0) is 9.84 Å². The fraction of sp³-hybridized carbons (Fsp3) is 0.400. The third-order valence-corrected chi connectivity index (χ3v) is 4.42. The fourth-order valence-electron chi connectivity index (χ4n) is 1.11. The molecule has 0 saturated carbocycles. The average molecular weight is 347 g/mol. The van der Waals surface area contributed by atoms with Gasteiger partial charge in [0.2, 0.25) is 0 Å². The molecule has 0 heterocycles. The molecule has 0 N–H and O–H groups in total. The Labute approximate surface area is 111 Å². The first-order valence-electron chi connectivity index (χ1n) is 4.87. The molecular weight excluding hydrogens is 337 g/mol. The van der Waals surface area contributed by atoms with Crippen molar-refractivity contribution in [3.05, 3.63) is 22.7 Å². The molecule has 102 valence electrons. The Hall–Kier alpha value is -0.760. The molecule has 1 aromatic carbocycles. The van der Waals surface area contributed by atoms with Crippen LogP contribution < -0.4 is 4.74 Å². The molecule has 8 heteroatoms. The molecule has 0 aliphatic rings.